The highest BCUT2D eigenvalue weighted by Crippen LogP contribution is 2.30. The number of benzene rings is 1. The van der Waals surface area contributed by atoms with Crippen LogP contribution in [0, 0.1) is 0 Å². The van der Waals surface area contributed by atoms with Crippen LogP contribution in [0.4, 0.5) is 6.01 Å². The summed E-state index contributed by atoms with van der Waals surface area (Å²) in [5, 5.41) is 0. The van der Waals surface area contributed by atoms with Gasteiger partial charge in [-0.3, -0.25) is 4.79 Å². The first-order valence-electron chi connectivity index (χ1n) is 8.34. The van der Waals surface area contributed by atoms with Crippen molar-refractivity contribution in [2.45, 2.75) is 31.2 Å². The van der Waals surface area contributed by atoms with Crippen molar-refractivity contribution in [1.29, 1.82) is 0 Å². The van der Waals surface area contributed by atoms with Crippen LogP contribution >= 0.6 is 24.8 Å². The number of fused-ring (bicyclic) bond motifs is 1. The molecule has 1 saturated heterocycles. The van der Waals surface area contributed by atoms with Crippen LogP contribution in [0.5, 0.6) is 0 Å². The highest BCUT2D eigenvalue weighted by Gasteiger charge is 2.40. The van der Waals surface area contributed by atoms with Crippen LogP contribution in [0.3, 0.4) is 0 Å². The van der Waals surface area contributed by atoms with Gasteiger partial charge in [-0.15, -0.1) is 24.8 Å². The van der Waals surface area contributed by atoms with E-state index in [0.29, 0.717) is 19.1 Å². The first kappa shape index (κ1) is 19.8. The molecular formula is C17H24Cl2N4O2. The van der Waals surface area contributed by atoms with E-state index >= 15 is 0 Å². The van der Waals surface area contributed by atoms with Crippen molar-refractivity contribution in [1.82, 2.24) is 9.88 Å². The van der Waals surface area contributed by atoms with Gasteiger partial charge in [-0.2, -0.15) is 4.98 Å². The van der Waals surface area contributed by atoms with Gasteiger partial charge in [0.25, 0.3) is 6.01 Å². The Morgan fingerprint density at radius 3 is 2.36 bits per heavy atom. The summed E-state index contributed by atoms with van der Waals surface area (Å²) in [6, 6.07) is 8.40. The number of anilines is 1. The minimum atomic E-state index is -0.625. The van der Waals surface area contributed by atoms with Crippen molar-refractivity contribution in [2.75, 3.05) is 31.1 Å². The quantitative estimate of drug-likeness (QED) is 0.857. The van der Waals surface area contributed by atoms with Crippen molar-refractivity contribution in [3.8, 4) is 0 Å². The summed E-state index contributed by atoms with van der Waals surface area (Å²) in [5.41, 5.74) is 7.34. The first-order valence-corrected chi connectivity index (χ1v) is 8.34. The number of para-hydroxylation sites is 2. The van der Waals surface area contributed by atoms with Gasteiger partial charge >= 0.3 is 0 Å². The van der Waals surface area contributed by atoms with Gasteiger partial charge in [0.15, 0.2) is 5.58 Å². The van der Waals surface area contributed by atoms with Crippen molar-refractivity contribution in [3.05, 3.63) is 24.3 Å². The zero-order valence-electron chi connectivity index (χ0n) is 14.0. The Balaban J connectivity index is 0.00000113. The normalized spacial score (nSPS) is 19.4. The number of nitrogens with two attached hydrogens (primary N) is 1. The molecule has 1 saturated carbocycles. The van der Waals surface area contributed by atoms with Crippen molar-refractivity contribution in [3.63, 3.8) is 0 Å². The van der Waals surface area contributed by atoms with E-state index in [0.717, 1.165) is 49.9 Å². The number of piperazine rings is 1. The number of halogens is 2. The summed E-state index contributed by atoms with van der Waals surface area (Å²) in [6.07, 6.45) is 3.75. The van der Waals surface area contributed by atoms with Crippen molar-refractivity contribution < 1.29 is 9.21 Å². The lowest BCUT2D eigenvalue weighted by Crippen LogP contribution is -2.58. The summed E-state index contributed by atoms with van der Waals surface area (Å²) in [5.74, 6) is 0.118. The summed E-state index contributed by atoms with van der Waals surface area (Å²) < 4.78 is 5.81. The minimum Gasteiger partial charge on any atom is -0.423 e. The molecule has 1 aromatic carbocycles. The molecule has 138 valence electrons. The van der Waals surface area contributed by atoms with Gasteiger partial charge in [-0.05, 0) is 25.0 Å². The van der Waals surface area contributed by atoms with Gasteiger partial charge in [0.1, 0.15) is 5.52 Å². The second-order valence-electron chi connectivity index (χ2n) is 6.61. The van der Waals surface area contributed by atoms with Crippen molar-refractivity contribution in [2.24, 2.45) is 5.73 Å². The number of oxazole rings is 1. The molecule has 6 nitrogen and oxygen atoms in total. The van der Waals surface area contributed by atoms with Crippen LogP contribution < -0.4 is 10.6 Å². The van der Waals surface area contributed by atoms with Gasteiger partial charge < -0.3 is 20.0 Å². The van der Waals surface area contributed by atoms with E-state index in [9.17, 15) is 4.79 Å². The second-order valence-corrected chi connectivity index (χ2v) is 6.61. The summed E-state index contributed by atoms with van der Waals surface area (Å²) in [7, 11) is 0. The van der Waals surface area contributed by atoms with Crippen LogP contribution in [-0.4, -0.2) is 47.5 Å². The molecule has 2 aromatic rings. The molecule has 0 atom stereocenters. The molecule has 1 aliphatic carbocycles. The zero-order valence-corrected chi connectivity index (χ0v) is 15.7. The zero-order chi connectivity index (χ0) is 15.9. The Kier molecular flexibility index (Phi) is 6.19. The summed E-state index contributed by atoms with van der Waals surface area (Å²) >= 11 is 0. The van der Waals surface area contributed by atoms with E-state index in [1.807, 2.05) is 29.2 Å². The summed E-state index contributed by atoms with van der Waals surface area (Å²) in [4.78, 5) is 21.2. The fourth-order valence-corrected chi connectivity index (χ4v) is 3.63. The molecule has 0 unspecified atom stereocenters. The molecule has 0 spiro atoms. The minimum absolute atomic E-state index is 0. The molecule has 2 fully saturated rings. The SMILES string of the molecule is Cl.Cl.NC1(C(=O)N2CCN(c3nc4ccccc4o3)CC2)CCCC1. The highest BCUT2D eigenvalue weighted by molar-refractivity contribution is 5.86. The van der Waals surface area contributed by atoms with Crippen LogP contribution in [0.1, 0.15) is 25.7 Å². The molecule has 25 heavy (non-hydrogen) atoms. The van der Waals surface area contributed by atoms with E-state index in [1.54, 1.807) is 0 Å². The van der Waals surface area contributed by atoms with E-state index in [1.165, 1.54) is 0 Å². The van der Waals surface area contributed by atoms with Crippen LogP contribution in [0.15, 0.2) is 28.7 Å². The van der Waals surface area contributed by atoms with Gasteiger partial charge in [0, 0.05) is 26.2 Å². The standard InChI is InChI=1S/C17H22N4O2.2ClH/c18-17(7-3-4-8-17)15(22)20-9-11-21(12-10-20)16-19-13-5-1-2-6-14(13)23-16;;/h1-2,5-6H,3-4,7-12,18H2;2*1H. The smallest absolute Gasteiger partial charge is 0.298 e. The molecule has 8 heteroatoms. The summed E-state index contributed by atoms with van der Waals surface area (Å²) in [6.45, 7) is 2.82. The predicted octanol–water partition coefficient (Wildman–Crippen LogP) is 2.59. The number of carbonyl (C=O) groups excluding carboxylic acids is 1. The topological polar surface area (TPSA) is 75.6 Å². The lowest BCUT2D eigenvalue weighted by atomic mass is 9.97. The Morgan fingerprint density at radius 1 is 1.08 bits per heavy atom. The Morgan fingerprint density at radius 2 is 1.72 bits per heavy atom. The number of hydrogen-bond donors (Lipinski definition) is 1. The lowest BCUT2D eigenvalue weighted by molar-refractivity contribution is -0.137. The van der Waals surface area contributed by atoms with E-state index < -0.39 is 5.54 Å². The van der Waals surface area contributed by atoms with Gasteiger partial charge in [-0.25, -0.2) is 0 Å². The second kappa shape index (κ2) is 7.81. The maximum absolute atomic E-state index is 12.6. The molecule has 0 radical (unpaired) electrons. The monoisotopic (exact) mass is 386 g/mol. The van der Waals surface area contributed by atoms with Gasteiger partial charge in [0.2, 0.25) is 5.91 Å². The molecular weight excluding hydrogens is 363 g/mol. The van der Waals surface area contributed by atoms with Crippen LogP contribution in [-0.2, 0) is 4.79 Å². The third-order valence-electron chi connectivity index (χ3n) is 5.04. The fraction of sp³-hybridized carbons (Fsp3) is 0.529. The van der Waals surface area contributed by atoms with Crippen LogP contribution in [0.25, 0.3) is 11.1 Å². The molecule has 1 aliphatic heterocycles. The Labute approximate surface area is 159 Å². The molecule has 1 amide bonds. The maximum atomic E-state index is 12.6. The number of carbonyl (C=O) groups is 1. The molecule has 4 rings (SSSR count). The molecule has 0 bridgehead atoms. The van der Waals surface area contributed by atoms with E-state index in [2.05, 4.69) is 9.88 Å². The van der Waals surface area contributed by atoms with E-state index in [-0.39, 0.29) is 30.7 Å². The number of rotatable bonds is 2. The number of nitrogens with zero attached hydrogens (tertiary/aromatic N) is 3. The molecule has 2 N–H and O–H groups in total. The maximum Gasteiger partial charge on any atom is 0.298 e. The number of amides is 1. The van der Waals surface area contributed by atoms with Crippen LogP contribution in [0.2, 0.25) is 0 Å². The Bertz CT molecular complexity index is 689. The Hall–Kier alpha value is -1.50. The average molecular weight is 387 g/mol. The fourth-order valence-electron chi connectivity index (χ4n) is 3.63. The molecule has 2 heterocycles. The number of hydrogen-bond acceptors (Lipinski definition) is 5. The van der Waals surface area contributed by atoms with Crippen molar-refractivity contribution >= 4 is 47.8 Å². The third-order valence-corrected chi connectivity index (χ3v) is 5.04. The van der Waals surface area contributed by atoms with Gasteiger partial charge in [0.05, 0.1) is 5.54 Å². The largest absolute Gasteiger partial charge is 0.423 e. The average Bonchev–Trinajstić information content (AvgIpc) is 3.21. The number of aromatic nitrogens is 1. The third kappa shape index (κ3) is 3.71. The molecule has 1 aromatic heterocycles. The van der Waals surface area contributed by atoms with Gasteiger partial charge in [-0.1, -0.05) is 25.0 Å². The molecule has 2 aliphatic rings. The first-order chi connectivity index (χ1) is 11.2. The highest BCUT2D eigenvalue weighted by atomic mass is 35.5. The lowest BCUT2D eigenvalue weighted by Gasteiger charge is -2.37. The predicted molar refractivity (Wildman–Crippen MR) is 103 cm³/mol. The van der Waals surface area contributed by atoms with E-state index in [4.69, 9.17) is 10.2 Å².